The molecule has 1 heterocycles. The van der Waals surface area contributed by atoms with Gasteiger partial charge < -0.3 is 15.2 Å². The van der Waals surface area contributed by atoms with Crippen molar-refractivity contribution in [3.63, 3.8) is 0 Å². The van der Waals surface area contributed by atoms with Crippen molar-refractivity contribution in [2.75, 3.05) is 11.6 Å². The molecule has 29 heavy (non-hydrogen) atoms. The summed E-state index contributed by atoms with van der Waals surface area (Å²) in [6, 6.07) is 17.4. The van der Waals surface area contributed by atoms with Gasteiger partial charge in [0.05, 0.1) is 12.3 Å². The summed E-state index contributed by atoms with van der Waals surface area (Å²) < 4.78 is 16.9. The van der Waals surface area contributed by atoms with Crippen molar-refractivity contribution in [3.05, 3.63) is 77.2 Å². The highest BCUT2D eigenvalue weighted by atomic mass is 32.1. The van der Waals surface area contributed by atoms with Gasteiger partial charge in [-0.2, -0.15) is 0 Å². The molecule has 3 rings (SSSR count). The zero-order chi connectivity index (χ0) is 21.0. The molecule has 0 aliphatic heterocycles. The number of nitrogens with two attached hydrogens (primary N) is 2. The second-order valence-corrected chi connectivity index (χ2v) is 9.14. The van der Waals surface area contributed by atoms with E-state index < -0.39 is 19.3 Å². The molecule has 5 N–H and O–H groups in total. The molecular formula is C20H22N3O4PS. The largest absolute Gasteiger partial charge is 0.349 e. The van der Waals surface area contributed by atoms with E-state index >= 15 is 0 Å². The fourth-order valence-corrected chi connectivity index (χ4v) is 4.59. The van der Waals surface area contributed by atoms with E-state index in [4.69, 9.17) is 16.1 Å². The number of amides is 1. The Hall–Kier alpha value is -2.32. The van der Waals surface area contributed by atoms with Crippen molar-refractivity contribution in [3.8, 4) is 10.4 Å². The summed E-state index contributed by atoms with van der Waals surface area (Å²) in [7, 11) is -3.98. The first-order valence-corrected chi connectivity index (χ1v) is 11.4. The monoisotopic (exact) mass is 431 g/mol. The highest BCUT2D eigenvalue weighted by Crippen LogP contribution is 2.53. The number of benzene rings is 2. The Labute approximate surface area is 173 Å². The minimum absolute atomic E-state index is 0.0741. The van der Waals surface area contributed by atoms with Gasteiger partial charge in [-0.1, -0.05) is 30.3 Å². The Morgan fingerprint density at radius 2 is 1.93 bits per heavy atom. The van der Waals surface area contributed by atoms with Crippen molar-refractivity contribution in [2.45, 2.75) is 12.7 Å². The van der Waals surface area contributed by atoms with Gasteiger partial charge in [-0.05, 0) is 53.8 Å². The molecule has 2 aromatic carbocycles. The smallest absolute Gasteiger partial charge is 0.323 e. The van der Waals surface area contributed by atoms with Crippen LogP contribution < -0.4 is 16.6 Å². The first-order valence-electron chi connectivity index (χ1n) is 8.89. The zero-order valence-corrected chi connectivity index (χ0v) is 17.5. The third kappa shape index (κ3) is 4.82. The lowest BCUT2D eigenvalue weighted by molar-refractivity contribution is 0.0987. The molecular weight excluding hydrogens is 409 g/mol. The second kappa shape index (κ2) is 9.00. The molecule has 7 nitrogen and oxygen atoms in total. The van der Waals surface area contributed by atoms with E-state index in [9.17, 15) is 14.3 Å². The molecule has 0 radical (unpaired) electrons. The van der Waals surface area contributed by atoms with Gasteiger partial charge >= 0.3 is 7.60 Å². The van der Waals surface area contributed by atoms with E-state index in [1.165, 1.54) is 24.3 Å². The molecule has 1 amide bonds. The van der Waals surface area contributed by atoms with Gasteiger partial charge in [-0.25, -0.2) is 10.9 Å². The Kier molecular flexibility index (Phi) is 6.64. The minimum Gasteiger partial charge on any atom is -0.323 e. The van der Waals surface area contributed by atoms with Crippen molar-refractivity contribution in [1.82, 2.24) is 0 Å². The summed E-state index contributed by atoms with van der Waals surface area (Å²) in [6.45, 7) is 1.69. The van der Waals surface area contributed by atoms with Gasteiger partial charge in [0.25, 0.3) is 5.91 Å². The second-order valence-electron chi connectivity index (χ2n) is 6.25. The standard InChI is InChI=1S/C20H22N3O4PS/c1-2-27-28(25,26)19(21)14-8-10-15(11-9-14)20(24)23(22)17-6-3-5-16(13-17)18-7-4-12-29-18/h3-13,19H,2,21-22H2,1H3,(H,25,26). The highest BCUT2D eigenvalue weighted by Gasteiger charge is 2.30. The molecule has 9 heteroatoms. The Morgan fingerprint density at radius 3 is 2.55 bits per heavy atom. The molecule has 0 aliphatic rings. The summed E-state index contributed by atoms with van der Waals surface area (Å²) in [5.41, 5.74) is 8.09. The number of thiophene rings is 1. The molecule has 2 unspecified atom stereocenters. The van der Waals surface area contributed by atoms with E-state index in [1.54, 1.807) is 24.3 Å². The van der Waals surface area contributed by atoms with E-state index in [0.717, 1.165) is 15.4 Å². The number of hydrazine groups is 1. The lowest BCUT2D eigenvalue weighted by Gasteiger charge is -2.20. The van der Waals surface area contributed by atoms with Crippen LogP contribution in [-0.2, 0) is 9.09 Å². The number of hydrogen-bond acceptors (Lipinski definition) is 6. The van der Waals surface area contributed by atoms with Crippen LogP contribution >= 0.6 is 18.9 Å². The third-order valence-electron chi connectivity index (χ3n) is 4.31. The SMILES string of the molecule is CCOP(=O)(O)C(N)c1ccc(C(=O)N(N)c2cccc(-c3cccs3)c2)cc1. The normalized spacial score (nSPS) is 14.2. The van der Waals surface area contributed by atoms with Gasteiger partial charge in [0, 0.05) is 10.4 Å². The fourth-order valence-electron chi connectivity index (χ4n) is 2.78. The lowest BCUT2D eigenvalue weighted by Crippen LogP contribution is -2.37. The zero-order valence-electron chi connectivity index (χ0n) is 15.8. The van der Waals surface area contributed by atoms with E-state index in [1.807, 2.05) is 35.7 Å². The number of carbonyl (C=O) groups is 1. The van der Waals surface area contributed by atoms with Crippen LogP contribution in [0.25, 0.3) is 10.4 Å². The van der Waals surface area contributed by atoms with Crippen LogP contribution in [0.2, 0.25) is 0 Å². The Morgan fingerprint density at radius 1 is 1.21 bits per heavy atom. The van der Waals surface area contributed by atoms with Crippen LogP contribution in [0.4, 0.5) is 5.69 Å². The molecule has 152 valence electrons. The maximum absolute atomic E-state index is 12.8. The van der Waals surface area contributed by atoms with Crippen molar-refractivity contribution in [2.24, 2.45) is 11.6 Å². The first-order chi connectivity index (χ1) is 13.8. The predicted molar refractivity (Wildman–Crippen MR) is 116 cm³/mol. The molecule has 0 saturated heterocycles. The van der Waals surface area contributed by atoms with Gasteiger partial charge in [0.15, 0.2) is 0 Å². The maximum atomic E-state index is 12.8. The van der Waals surface area contributed by atoms with Crippen molar-refractivity contribution < 1.29 is 18.8 Å². The van der Waals surface area contributed by atoms with Gasteiger partial charge in [-0.15, -0.1) is 11.3 Å². The fraction of sp³-hybridized carbons (Fsp3) is 0.150. The molecule has 3 aromatic rings. The van der Waals surface area contributed by atoms with E-state index in [0.29, 0.717) is 16.8 Å². The van der Waals surface area contributed by atoms with Crippen molar-refractivity contribution >= 4 is 30.5 Å². The molecule has 0 fully saturated rings. The summed E-state index contributed by atoms with van der Waals surface area (Å²) >= 11 is 1.60. The van der Waals surface area contributed by atoms with Crippen LogP contribution in [0.5, 0.6) is 0 Å². The minimum atomic E-state index is -3.98. The lowest BCUT2D eigenvalue weighted by atomic mass is 10.1. The average Bonchev–Trinajstić information content (AvgIpc) is 3.27. The first kappa shape index (κ1) is 21.4. The van der Waals surface area contributed by atoms with Crippen LogP contribution in [0.15, 0.2) is 66.0 Å². The summed E-state index contributed by atoms with van der Waals surface area (Å²) in [6.07, 6.45) is 0. The van der Waals surface area contributed by atoms with Crippen LogP contribution in [-0.4, -0.2) is 17.4 Å². The maximum Gasteiger partial charge on any atom is 0.349 e. The number of anilines is 1. The summed E-state index contributed by atoms with van der Waals surface area (Å²) in [5, 5.41) is 3.06. The predicted octanol–water partition coefficient (Wildman–Crippen LogP) is 4.11. The number of carbonyl (C=O) groups excluding carboxylic acids is 1. The van der Waals surface area contributed by atoms with Gasteiger partial charge in [0.2, 0.25) is 0 Å². The number of hydrogen-bond donors (Lipinski definition) is 3. The van der Waals surface area contributed by atoms with E-state index in [2.05, 4.69) is 0 Å². The molecule has 0 aliphatic carbocycles. The third-order valence-corrected chi connectivity index (χ3v) is 6.86. The average molecular weight is 431 g/mol. The molecule has 0 saturated carbocycles. The topological polar surface area (TPSA) is 119 Å². The van der Waals surface area contributed by atoms with Gasteiger partial charge in [0.1, 0.15) is 5.78 Å². The number of rotatable bonds is 7. The highest BCUT2D eigenvalue weighted by molar-refractivity contribution is 7.53. The summed E-state index contributed by atoms with van der Waals surface area (Å²) in [4.78, 5) is 23.7. The Bertz CT molecular complexity index is 1020. The van der Waals surface area contributed by atoms with E-state index in [-0.39, 0.29) is 6.61 Å². The molecule has 2 atom stereocenters. The van der Waals surface area contributed by atoms with Crippen molar-refractivity contribution in [1.29, 1.82) is 0 Å². The Balaban J connectivity index is 1.78. The number of nitrogens with zero attached hydrogens (tertiary/aromatic N) is 1. The van der Waals surface area contributed by atoms with Crippen LogP contribution in [0.3, 0.4) is 0 Å². The summed E-state index contributed by atoms with van der Waals surface area (Å²) in [5.74, 6) is 4.45. The van der Waals surface area contributed by atoms with Crippen LogP contribution in [0, 0.1) is 0 Å². The molecule has 1 aromatic heterocycles. The van der Waals surface area contributed by atoms with Crippen LogP contribution in [0.1, 0.15) is 28.6 Å². The quantitative estimate of drug-likeness (QED) is 0.224. The molecule has 0 bridgehead atoms. The molecule has 0 spiro atoms. The van der Waals surface area contributed by atoms with Gasteiger partial charge in [-0.3, -0.25) is 9.36 Å².